The Bertz CT molecular complexity index is 597. The van der Waals surface area contributed by atoms with Gasteiger partial charge in [-0.15, -0.1) is 0 Å². The van der Waals surface area contributed by atoms with Crippen molar-refractivity contribution in [2.45, 2.75) is 45.4 Å². The summed E-state index contributed by atoms with van der Waals surface area (Å²) in [6, 6.07) is 5.16. The molecule has 1 aromatic rings. The fourth-order valence-electron chi connectivity index (χ4n) is 2.79. The van der Waals surface area contributed by atoms with Gasteiger partial charge in [-0.05, 0) is 57.7 Å². The number of likely N-dealkylation sites (tertiary alicyclic amines) is 1. The second kappa shape index (κ2) is 7.54. The predicted molar refractivity (Wildman–Crippen MR) is 90.5 cm³/mol. The molecule has 1 heterocycles. The average Bonchev–Trinajstić information content (AvgIpc) is 2.51. The lowest BCUT2D eigenvalue weighted by molar-refractivity contribution is -0.137. The van der Waals surface area contributed by atoms with Crippen molar-refractivity contribution in [3.8, 4) is 0 Å². The number of rotatable bonds is 3. The van der Waals surface area contributed by atoms with Crippen LogP contribution in [0.3, 0.4) is 0 Å². The van der Waals surface area contributed by atoms with Crippen molar-refractivity contribution in [2.24, 2.45) is 5.92 Å². The van der Waals surface area contributed by atoms with Crippen molar-refractivity contribution in [1.82, 2.24) is 4.90 Å². The molecule has 140 valence electrons. The van der Waals surface area contributed by atoms with Gasteiger partial charge in [0.25, 0.3) is 0 Å². The van der Waals surface area contributed by atoms with Crippen LogP contribution in [0, 0.1) is 5.92 Å². The molecule has 1 aliphatic rings. The number of nitrogens with zero attached hydrogens (tertiary/aromatic N) is 1. The average molecular weight is 358 g/mol. The highest BCUT2D eigenvalue weighted by molar-refractivity contribution is 5.68. The van der Waals surface area contributed by atoms with Crippen LogP contribution in [0.2, 0.25) is 0 Å². The molecule has 1 N–H and O–H groups in total. The molecular weight excluding hydrogens is 333 g/mol. The van der Waals surface area contributed by atoms with Crippen LogP contribution in [0.25, 0.3) is 0 Å². The number of ether oxygens (including phenoxy) is 1. The third-order valence-electron chi connectivity index (χ3n) is 3.96. The molecule has 0 saturated carbocycles. The van der Waals surface area contributed by atoms with Gasteiger partial charge in [-0.1, -0.05) is 6.07 Å². The molecular formula is C18H25F3N2O2. The van der Waals surface area contributed by atoms with E-state index in [4.69, 9.17) is 4.74 Å². The lowest BCUT2D eigenvalue weighted by Gasteiger charge is -2.34. The Morgan fingerprint density at radius 3 is 2.68 bits per heavy atom. The maximum atomic E-state index is 12.8. The first-order chi connectivity index (χ1) is 11.5. The molecule has 0 bridgehead atoms. The van der Waals surface area contributed by atoms with E-state index >= 15 is 0 Å². The Morgan fingerprint density at radius 1 is 1.32 bits per heavy atom. The second-order valence-corrected chi connectivity index (χ2v) is 7.39. The quantitative estimate of drug-likeness (QED) is 0.847. The van der Waals surface area contributed by atoms with E-state index in [-0.39, 0.29) is 12.0 Å². The maximum absolute atomic E-state index is 12.8. The smallest absolute Gasteiger partial charge is 0.416 e. The third-order valence-corrected chi connectivity index (χ3v) is 3.96. The van der Waals surface area contributed by atoms with Gasteiger partial charge < -0.3 is 15.0 Å². The summed E-state index contributed by atoms with van der Waals surface area (Å²) in [6.07, 6.45) is -2.91. The molecule has 1 atom stereocenters. The Hall–Kier alpha value is -1.92. The van der Waals surface area contributed by atoms with Crippen LogP contribution >= 0.6 is 0 Å². The van der Waals surface area contributed by atoms with Crippen molar-refractivity contribution in [3.63, 3.8) is 0 Å². The SMILES string of the molecule is CC(C)(C)OC(=O)N1CCC[C@H](CNc2cccc(C(F)(F)F)c2)C1. The number of amides is 1. The summed E-state index contributed by atoms with van der Waals surface area (Å²) in [6.45, 7) is 7.17. The van der Waals surface area contributed by atoms with Crippen LogP contribution in [0.1, 0.15) is 39.2 Å². The highest BCUT2D eigenvalue weighted by Gasteiger charge is 2.31. The number of carbonyl (C=O) groups is 1. The number of halogens is 3. The highest BCUT2D eigenvalue weighted by Crippen LogP contribution is 2.30. The normalized spacial score (nSPS) is 18.8. The van der Waals surface area contributed by atoms with Crippen molar-refractivity contribution in [3.05, 3.63) is 29.8 Å². The van der Waals surface area contributed by atoms with E-state index in [0.29, 0.717) is 25.3 Å². The fourth-order valence-corrected chi connectivity index (χ4v) is 2.79. The zero-order chi connectivity index (χ0) is 18.7. The first kappa shape index (κ1) is 19.4. The van der Waals surface area contributed by atoms with Gasteiger partial charge in [-0.2, -0.15) is 13.2 Å². The van der Waals surface area contributed by atoms with Crippen LogP contribution < -0.4 is 5.32 Å². The summed E-state index contributed by atoms with van der Waals surface area (Å²) >= 11 is 0. The Kier molecular flexibility index (Phi) is 5.85. The minimum absolute atomic E-state index is 0.177. The van der Waals surface area contributed by atoms with Gasteiger partial charge >= 0.3 is 12.3 Å². The molecule has 25 heavy (non-hydrogen) atoms. The molecule has 0 unspecified atom stereocenters. The molecule has 0 radical (unpaired) electrons. The molecule has 1 aliphatic heterocycles. The fraction of sp³-hybridized carbons (Fsp3) is 0.611. The molecule has 0 aromatic heterocycles. The number of alkyl halides is 3. The summed E-state index contributed by atoms with van der Waals surface area (Å²) in [5.41, 5.74) is -0.777. The zero-order valence-corrected chi connectivity index (χ0v) is 14.8. The molecule has 4 nitrogen and oxygen atoms in total. The Balaban J connectivity index is 1.90. The summed E-state index contributed by atoms with van der Waals surface area (Å²) in [5.74, 6) is 0.177. The van der Waals surface area contributed by atoms with Gasteiger partial charge in [0.2, 0.25) is 0 Å². The number of carbonyl (C=O) groups excluding carboxylic acids is 1. The first-order valence-electron chi connectivity index (χ1n) is 8.44. The molecule has 1 amide bonds. The van der Waals surface area contributed by atoms with Crippen molar-refractivity contribution in [1.29, 1.82) is 0 Å². The lowest BCUT2D eigenvalue weighted by atomic mass is 9.98. The molecule has 1 saturated heterocycles. The molecule has 0 aliphatic carbocycles. The number of benzene rings is 1. The van der Waals surface area contributed by atoms with Crippen LogP contribution in [-0.4, -0.2) is 36.2 Å². The topological polar surface area (TPSA) is 41.6 Å². The van der Waals surface area contributed by atoms with Gasteiger partial charge in [-0.25, -0.2) is 4.79 Å². The molecule has 2 rings (SSSR count). The Labute approximate surface area is 146 Å². The van der Waals surface area contributed by atoms with Crippen molar-refractivity contribution in [2.75, 3.05) is 25.0 Å². The third kappa shape index (κ3) is 6.14. The van der Waals surface area contributed by atoms with Gasteiger partial charge in [0, 0.05) is 25.3 Å². The standard InChI is InChI=1S/C18H25F3N2O2/c1-17(2,3)25-16(24)23-9-5-6-13(12-23)11-22-15-8-4-7-14(10-15)18(19,20)21/h4,7-8,10,13,22H,5-6,9,11-12H2,1-3H3/t13-/m1/s1. The largest absolute Gasteiger partial charge is 0.444 e. The van der Waals surface area contributed by atoms with E-state index in [2.05, 4.69) is 5.32 Å². The van der Waals surface area contributed by atoms with Crippen molar-refractivity contribution >= 4 is 11.8 Å². The minimum Gasteiger partial charge on any atom is -0.444 e. The van der Waals surface area contributed by atoms with Gasteiger partial charge in [0.1, 0.15) is 5.60 Å². The summed E-state index contributed by atoms with van der Waals surface area (Å²) in [4.78, 5) is 13.8. The van der Waals surface area contributed by atoms with E-state index in [9.17, 15) is 18.0 Å². The number of piperidine rings is 1. The number of nitrogens with one attached hydrogen (secondary N) is 1. The molecule has 0 spiro atoms. The second-order valence-electron chi connectivity index (χ2n) is 7.39. The maximum Gasteiger partial charge on any atom is 0.416 e. The Morgan fingerprint density at radius 2 is 2.04 bits per heavy atom. The van der Waals surface area contributed by atoms with Gasteiger partial charge in [-0.3, -0.25) is 0 Å². The number of hydrogen-bond donors (Lipinski definition) is 1. The van der Waals surface area contributed by atoms with E-state index < -0.39 is 17.3 Å². The van der Waals surface area contributed by atoms with Crippen LogP contribution in [0.5, 0.6) is 0 Å². The minimum atomic E-state index is -4.35. The monoisotopic (exact) mass is 358 g/mol. The van der Waals surface area contributed by atoms with E-state index in [0.717, 1.165) is 25.0 Å². The van der Waals surface area contributed by atoms with Crippen LogP contribution in [-0.2, 0) is 10.9 Å². The van der Waals surface area contributed by atoms with Crippen LogP contribution in [0.15, 0.2) is 24.3 Å². The van der Waals surface area contributed by atoms with E-state index in [1.54, 1.807) is 11.0 Å². The number of hydrogen-bond acceptors (Lipinski definition) is 3. The predicted octanol–water partition coefficient (Wildman–Crippen LogP) is 4.76. The van der Waals surface area contributed by atoms with E-state index in [1.807, 2.05) is 20.8 Å². The summed E-state index contributed by atoms with van der Waals surface area (Å²) in [5, 5.41) is 3.06. The van der Waals surface area contributed by atoms with Crippen molar-refractivity contribution < 1.29 is 22.7 Å². The van der Waals surface area contributed by atoms with E-state index in [1.165, 1.54) is 6.07 Å². The van der Waals surface area contributed by atoms with Crippen LogP contribution in [0.4, 0.5) is 23.7 Å². The zero-order valence-electron chi connectivity index (χ0n) is 14.8. The molecule has 1 aromatic carbocycles. The summed E-state index contributed by atoms with van der Waals surface area (Å²) < 4.78 is 43.6. The number of anilines is 1. The molecule has 7 heteroatoms. The first-order valence-corrected chi connectivity index (χ1v) is 8.44. The van der Waals surface area contributed by atoms with Gasteiger partial charge in [0.15, 0.2) is 0 Å². The van der Waals surface area contributed by atoms with Gasteiger partial charge in [0.05, 0.1) is 5.56 Å². The lowest BCUT2D eigenvalue weighted by Crippen LogP contribution is -2.44. The summed E-state index contributed by atoms with van der Waals surface area (Å²) in [7, 11) is 0. The highest BCUT2D eigenvalue weighted by atomic mass is 19.4. The molecule has 1 fully saturated rings.